The smallest absolute Gasteiger partial charge is 0.0725 e. The van der Waals surface area contributed by atoms with Crippen LogP contribution in [0.3, 0.4) is 0 Å². The van der Waals surface area contributed by atoms with E-state index in [0.717, 1.165) is 5.52 Å². The minimum Gasteiger partial charge on any atom is -0.256 e. The molecule has 56 heavy (non-hydrogen) atoms. The van der Waals surface area contributed by atoms with Crippen molar-refractivity contribution in [2.45, 2.75) is 5.41 Å². The Labute approximate surface area is 327 Å². The average molecular weight is 726 g/mol. The van der Waals surface area contributed by atoms with Gasteiger partial charge in [0.1, 0.15) is 0 Å². The topological polar surface area (TPSA) is 12.9 Å². The lowest BCUT2D eigenvalue weighted by molar-refractivity contribution is 0.795. The number of aromatic nitrogens is 1. The molecule has 11 aromatic rings. The zero-order valence-electron chi connectivity index (χ0n) is 30.3. The van der Waals surface area contributed by atoms with Gasteiger partial charge in [0.15, 0.2) is 0 Å². The number of hydrogen-bond donors (Lipinski definition) is 0. The van der Waals surface area contributed by atoms with Crippen LogP contribution in [0.2, 0.25) is 0 Å². The van der Waals surface area contributed by atoms with Crippen LogP contribution in [0.15, 0.2) is 188 Å². The first kappa shape index (κ1) is 30.5. The van der Waals surface area contributed by atoms with Gasteiger partial charge in [-0.25, -0.2) is 0 Å². The molecule has 9 aromatic carbocycles. The van der Waals surface area contributed by atoms with Crippen molar-refractivity contribution in [3.63, 3.8) is 0 Å². The third-order valence-electron chi connectivity index (χ3n) is 12.7. The zero-order valence-corrected chi connectivity index (χ0v) is 31.1. The summed E-state index contributed by atoms with van der Waals surface area (Å²) in [4.78, 5) is 4.74. The van der Waals surface area contributed by atoms with Crippen LogP contribution in [0, 0.1) is 0 Å². The number of hydrogen-bond acceptors (Lipinski definition) is 2. The van der Waals surface area contributed by atoms with E-state index in [0.29, 0.717) is 0 Å². The van der Waals surface area contributed by atoms with Crippen LogP contribution >= 0.6 is 11.3 Å². The van der Waals surface area contributed by atoms with Crippen molar-refractivity contribution in [2.24, 2.45) is 0 Å². The summed E-state index contributed by atoms with van der Waals surface area (Å²) in [6.07, 6.45) is 1.89. The van der Waals surface area contributed by atoms with Crippen molar-refractivity contribution >= 4 is 64.0 Å². The fraction of sp³-hybridized carbons (Fsp3) is 0.0185. The quantitative estimate of drug-likeness (QED) is 0.162. The Bertz CT molecular complexity index is 3430. The Balaban J connectivity index is 1.14. The summed E-state index contributed by atoms with van der Waals surface area (Å²) in [6, 6.07) is 68.3. The minimum atomic E-state index is -0.452. The van der Waals surface area contributed by atoms with E-state index in [4.69, 9.17) is 4.98 Å². The second-order valence-electron chi connectivity index (χ2n) is 15.3. The molecule has 0 fully saturated rings. The third-order valence-corrected chi connectivity index (χ3v) is 13.9. The van der Waals surface area contributed by atoms with E-state index in [9.17, 15) is 0 Å². The molecule has 0 bridgehead atoms. The number of rotatable bonds is 2. The molecule has 2 heteroatoms. The van der Waals surface area contributed by atoms with Crippen molar-refractivity contribution < 1.29 is 0 Å². The number of thiophene rings is 1. The maximum Gasteiger partial charge on any atom is 0.0725 e. The van der Waals surface area contributed by atoms with Crippen LogP contribution < -0.4 is 0 Å². The van der Waals surface area contributed by atoms with Gasteiger partial charge in [-0.3, -0.25) is 4.98 Å². The molecule has 0 saturated carbocycles. The van der Waals surface area contributed by atoms with E-state index < -0.39 is 5.41 Å². The molecule has 258 valence electrons. The standard InChI is InChI=1S/C54H31NS/c1-3-18-41-39(16-1)52(40-17-2-4-19-42(40)53(41)38-20-11-24-49-36(38)21-12-28-55-49)32-26-27-35-33-13-5-8-22-45(33)54(47(35)29-32)46-23-9-6-14-34(46)43-31-51-44(30-48(43)54)37-15-7-10-25-50(37)56-51/h1-31H. The van der Waals surface area contributed by atoms with Gasteiger partial charge >= 0.3 is 0 Å². The van der Waals surface area contributed by atoms with Crippen LogP contribution in [0.4, 0.5) is 0 Å². The maximum absolute atomic E-state index is 4.74. The van der Waals surface area contributed by atoms with Gasteiger partial charge in [-0.05, 0) is 125 Å². The zero-order chi connectivity index (χ0) is 36.5. The lowest BCUT2D eigenvalue weighted by Gasteiger charge is -2.31. The largest absolute Gasteiger partial charge is 0.256 e. The summed E-state index contributed by atoms with van der Waals surface area (Å²) < 4.78 is 2.68. The number of pyridine rings is 1. The maximum atomic E-state index is 4.74. The minimum absolute atomic E-state index is 0.452. The highest BCUT2D eigenvalue weighted by Gasteiger charge is 2.52. The molecule has 1 nitrogen and oxygen atoms in total. The summed E-state index contributed by atoms with van der Waals surface area (Å²) in [7, 11) is 0. The van der Waals surface area contributed by atoms with Crippen LogP contribution in [-0.2, 0) is 5.41 Å². The van der Waals surface area contributed by atoms with Gasteiger partial charge in [0.05, 0.1) is 10.9 Å². The van der Waals surface area contributed by atoms with E-state index in [1.54, 1.807) is 0 Å². The molecule has 1 unspecified atom stereocenters. The molecule has 1 spiro atoms. The van der Waals surface area contributed by atoms with Crippen LogP contribution in [0.25, 0.3) is 97.1 Å². The molecule has 2 aliphatic carbocycles. The Kier molecular flexibility index (Phi) is 6.04. The van der Waals surface area contributed by atoms with Gasteiger partial charge in [0.25, 0.3) is 0 Å². The second-order valence-corrected chi connectivity index (χ2v) is 16.4. The molecule has 0 saturated heterocycles. The van der Waals surface area contributed by atoms with Crippen LogP contribution in [0.5, 0.6) is 0 Å². The predicted molar refractivity (Wildman–Crippen MR) is 237 cm³/mol. The molecule has 0 amide bonds. The molecule has 0 N–H and O–H groups in total. The predicted octanol–water partition coefficient (Wildman–Crippen LogP) is 14.6. The first-order chi connectivity index (χ1) is 27.8. The molecule has 1 atom stereocenters. The van der Waals surface area contributed by atoms with E-state index in [2.05, 4.69) is 176 Å². The second kappa shape index (κ2) is 11.1. The van der Waals surface area contributed by atoms with Crippen molar-refractivity contribution in [1.29, 1.82) is 0 Å². The van der Waals surface area contributed by atoms with Gasteiger partial charge in [0, 0.05) is 31.8 Å². The Hall–Kier alpha value is -6.87. The first-order valence-electron chi connectivity index (χ1n) is 19.4. The molecular weight excluding hydrogens is 695 g/mol. The first-order valence-corrected chi connectivity index (χ1v) is 20.2. The van der Waals surface area contributed by atoms with Crippen LogP contribution in [-0.4, -0.2) is 4.98 Å². The molecule has 2 aliphatic rings. The highest BCUT2D eigenvalue weighted by Crippen LogP contribution is 2.64. The van der Waals surface area contributed by atoms with Gasteiger partial charge in [-0.2, -0.15) is 0 Å². The normalized spacial score (nSPS) is 15.2. The van der Waals surface area contributed by atoms with E-state index >= 15 is 0 Å². The van der Waals surface area contributed by atoms with E-state index in [1.165, 1.54) is 114 Å². The van der Waals surface area contributed by atoms with Gasteiger partial charge in [-0.15, -0.1) is 11.3 Å². The SMILES string of the molecule is c1ccc2c(c1)-c1ccc(-c3c4ccccc4c(-c4cccc5ncccc45)c4ccccc34)cc1C21c2ccccc2-c2cc3sc4ccccc4c3cc21. The van der Waals surface area contributed by atoms with Gasteiger partial charge < -0.3 is 0 Å². The highest BCUT2D eigenvalue weighted by atomic mass is 32.1. The monoisotopic (exact) mass is 725 g/mol. The summed E-state index contributed by atoms with van der Waals surface area (Å²) in [5.74, 6) is 0. The van der Waals surface area contributed by atoms with E-state index in [-0.39, 0.29) is 0 Å². The van der Waals surface area contributed by atoms with Crippen molar-refractivity contribution in [2.75, 3.05) is 0 Å². The summed E-state index contributed by atoms with van der Waals surface area (Å²) >= 11 is 1.90. The highest BCUT2D eigenvalue weighted by molar-refractivity contribution is 7.25. The van der Waals surface area contributed by atoms with Gasteiger partial charge in [0.2, 0.25) is 0 Å². The fourth-order valence-electron chi connectivity index (χ4n) is 10.6. The molecule has 2 aromatic heterocycles. The Morgan fingerprint density at radius 2 is 0.911 bits per heavy atom. The molecule has 0 radical (unpaired) electrons. The Morgan fingerprint density at radius 3 is 1.66 bits per heavy atom. The van der Waals surface area contributed by atoms with Crippen LogP contribution in [0.1, 0.15) is 22.3 Å². The number of benzene rings is 9. The van der Waals surface area contributed by atoms with Gasteiger partial charge in [-0.1, -0.05) is 146 Å². The number of fused-ring (bicyclic) bond motifs is 16. The van der Waals surface area contributed by atoms with Crippen molar-refractivity contribution in [3.8, 4) is 44.5 Å². The molecule has 13 rings (SSSR count). The summed E-state index contributed by atoms with van der Waals surface area (Å²) in [5.41, 5.74) is 16.3. The molecule has 0 aliphatic heterocycles. The number of nitrogens with zero attached hydrogens (tertiary/aromatic N) is 1. The third kappa shape index (κ3) is 3.82. The lowest BCUT2D eigenvalue weighted by Crippen LogP contribution is -2.25. The summed E-state index contributed by atoms with van der Waals surface area (Å²) in [5, 5.41) is 8.85. The molecular formula is C54H31NS. The molecule has 2 heterocycles. The fourth-order valence-corrected chi connectivity index (χ4v) is 11.7. The average Bonchev–Trinajstić information content (AvgIpc) is 3.88. The van der Waals surface area contributed by atoms with Crippen molar-refractivity contribution in [1.82, 2.24) is 4.98 Å². The summed E-state index contributed by atoms with van der Waals surface area (Å²) in [6.45, 7) is 0. The Morgan fingerprint density at radius 1 is 0.339 bits per heavy atom. The van der Waals surface area contributed by atoms with Crippen molar-refractivity contribution in [3.05, 3.63) is 210 Å². The van der Waals surface area contributed by atoms with E-state index in [1.807, 2.05) is 23.6 Å². The lowest BCUT2D eigenvalue weighted by atomic mass is 9.70.